The first-order chi connectivity index (χ1) is 8.92. The lowest BCUT2D eigenvalue weighted by molar-refractivity contribution is 0.0184. The Kier molecular flexibility index (Phi) is 3.93. The van der Waals surface area contributed by atoms with Gasteiger partial charge in [0.1, 0.15) is 0 Å². The summed E-state index contributed by atoms with van der Waals surface area (Å²) in [6.07, 6.45) is 1.31. The van der Waals surface area contributed by atoms with E-state index in [1.54, 1.807) is 0 Å². The average Bonchev–Trinajstić information content (AvgIpc) is 2.89. The highest BCUT2D eigenvalue weighted by Crippen LogP contribution is 2.18. The van der Waals surface area contributed by atoms with E-state index < -0.39 is 0 Å². The van der Waals surface area contributed by atoms with Crippen LogP contribution in [0.2, 0.25) is 0 Å². The van der Waals surface area contributed by atoms with Crippen LogP contribution in [0.5, 0.6) is 0 Å². The van der Waals surface area contributed by atoms with Crippen LogP contribution in [0.3, 0.4) is 0 Å². The van der Waals surface area contributed by atoms with E-state index in [0.29, 0.717) is 0 Å². The molecule has 3 rings (SSSR count). The zero-order valence-corrected chi connectivity index (χ0v) is 10.9. The summed E-state index contributed by atoms with van der Waals surface area (Å²) in [7, 11) is 0. The molecule has 2 fully saturated rings. The number of nitrogens with zero attached hydrogens (tertiary/aromatic N) is 2. The maximum Gasteiger partial charge on any atom is 0.0594 e. The quantitative estimate of drug-likeness (QED) is 0.805. The van der Waals surface area contributed by atoms with Gasteiger partial charge in [-0.15, -0.1) is 0 Å². The number of likely N-dealkylation sites (tertiary alicyclic amines) is 1. The van der Waals surface area contributed by atoms with Gasteiger partial charge in [-0.1, -0.05) is 30.3 Å². The molecule has 0 bridgehead atoms. The molecular weight excluding hydrogens is 224 g/mol. The van der Waals surface area contributed by atoms with Gasteiger partial charge in [-0.2, -0.15) is 0 Å². The van der Waals surface area contributed by atoms with Gasteiger partial charge in [0, 0.05) is 38.8 Å². The van der Waals surface area contributed by atoms with E-state index in [1.807, 2.05) is 0 Å². The molecule has 0 aromatic heterocycles. The van der Waals surface area contributed by atoms with Gasteiger partial charge in [0.25, 0.3) is 0 Å². The van der Waals surface area contributed by atoms with E-state index in [1.165, 1.54) is 25.1 Å². The van der Waals surface area contributed by atoms with Crippen LogP contribution in [0.1, 0.15) is 12.0 Å². The smallest absolute Gasteiger partial charge is 0.0594 e. The minimum Gasteiger partial charge on any atom is -0.379 e. The van der Waals surface area contributed by atoms with Crippen LogP contribution in [-0.4, -0.2) is 55.2 Å². The van der Waals surface area contributed by atoms with E-state index in [9.17, 15) is 0 Å². The molecule has 1 aromatic rings. The van der Waals surface area contributed by atoms with Crippen molar-refractivity contribution in [3.05, 3.63) is 35.9 Å². The minimum absolute atomic E-state index is 0.748. The molecule has 0 N–H and O–H groups in total. The first-order valence-corrected chi connectivity index (χ1v) is 7.00. The van der Waals surface area contributed by atoms with Gasteiger partial charge in [0.2, 0.25) is 0 Å². The van der Waals surface area contributed by atoms with Gasteiger partial charge in [0.05, 0.1) is 13.2 Å². The second kappa shape index (κ2) is 5.83. The van der Waals surface area contributed by atoms with Crippen LogP contribution in [0.25, 0.3) is 0 Å². The Morgan fingerprint density at radius 3 is 2.61 bits per heavy atom. The summed E-state index contributed by atoms with van der Waals surface area (Å²) >= 11 is 0. The molecular formula is C15H22N2O. The maximum atomic E-state index is 5.43. The number of benzene rings is 1. The minimum atomic E-state index is 0.748. The molecule has 2 aliphatic rings. The second-order valence-electron chi connectivity index (χ2n) is 5.31. The van der Waals surface area contributed by atoms with Crippen LogP contribution < -0.4 is 0 Å². The summed E-state index contributed by atoms with van der Waals surface area (Å²) in [5.74, 6) is 0. The van der Waals surface area contributed by atoms with E-state index in [4.69, 9.17) is 4.74 Å². The summed E-state index contributed by atoms with van der Waals surface area (Å²) in [6, 6.07) is 11.5. The summed E-state index contributed by atoms with van der Waals surface area (Å²) in [5.41, 5.74) is 1.43. The number of morpholine rings is 1. The van der Waals surface area contributed by atoms with E-state index in [0.717, 1.165) is 38.9 Å². The number of hydrogen-bond acceptors (Lipinski definition) is 3. The normalized spacial score (nSPS) is 26.6. The summed E-state index contributed by atoms with van der Waals surface area (Å²) in [4.78, 5) is 5.18. The SMILES string of the molecule is c1ccc(CN2CC[C@H](N3CCOCC3)C2)cc1. The van der Waals surface area contributed by atoms with Gasteiger partial charge < -0.3 is 4.74 Å². The first-order valence-electron chi connectivity index (χ1n) is 7.00. The Labute approximate surface area is 109 Å². The number of ether oxygens (including phenoxy) is 1. The molecule has 0 saturated carbocycles. The van der Waals surface area contributed by atoms with Gasteiger partial charge in [-0.3, -0.25) is 9.80 Å². The average molecular weight is 246 g/mol. The van der Waals surface area contributed by atoms with Crippen molar-refractivity contribution in [2.75, 3.05) is 39.4 Å². The van der Waals surface area contributed by atoms with Crippen molar-refractivity contribution in [3.63, 3.8) is 0 Å². The highest BCUT2D eigenvalue weighted by atomic mass is 16.5. The highest BCUT2D eigenvalue weighted by Gasteiger charge is 2.28. The topological polar surface area (TPSA) is 15.7 Å². The van der Waals surface area contributed by atoms with E-state index in [2.05, 4.69) is 40.1 Å². The number of hydrogen-bond donors (Lipinski definition) is 0. The summed E-state index contributed by atoms with van der Waals surface area (Å²) < 4.78 is 5.43. The molecule has 2 aliphatic heterocycles. The van der Waals surface area contributed by atoms with E-state index in [-0.39, 0.29) is 0 Å². The Hall–Kier alpha value is -0.900. The lowest BCUT2D eigenvalue weighted by Gasteiger charge is -2.32. The van der Waals surface area contributed by atoms with Crippen molar-refractivity contribution in [1.82, 2.24) is 9.80 Å². The number of rotatable bonds is 3. The Morgan fingerprint density at radius 2 is 1.83 bits per heavy atom. The van der Waals surface area contributed by atoms with Crippen molar-refractivity contribution in [2.24, 2.45) is 0 Å². The predicted octanol–water partition coefficient (Wildman–Crippen LogP) is 1.59. The molecule has 2 heterocycles. The molecule has 0 radical (unpaired) electrons. The third-order valence-corrected chi connectivity index (χ3v) is 4.06. The Balaban J connectivity index is 1.52. The Morgan fingerprint density at radius 1 is 1.06 bits per heavy atom. The summed E-state index contributed by atoms with van der Waals surface area (Å²) in [6.45, 7) is 7.60. The molecule has 0 spiro atoms. The molecule has 18 heavy (non-hydrogen) atoms. The van der Waals surface area contributed by atoms with Gasteiger partial charge >= 0.3 is 0 Å². The summed E-state index contributed by atoms with van der Waals surface area (Å²) in [5, 5.41) is 0. The molecule has 98 valence electrons. The van der Waals surface area contributed by atoms with Crippen molar-refractivity contribution >= 4 is 0 Å². The van der Waals surface area contributed by atoms with Gasteiger partial charge in [-0.05, 0) is 12.0 Å². The fourth-order valence-corrected chi connectivity index (χ4v) is 3.04. The molecule has 1 atom stereocenters. The molecule has 3 nitrogen and oxygen atoms in total. The maximum absolute atomic E-state index is 5.43. The van der Waals surface area contributed by atoms with Crippen molar-refractivity contribution < 1.29 is 4.74 Å². The standard InChI is InChI=1S/C15H22N2O/c1-2-4-14(5-3-1)12-16-7-6-15(13-16)17-8-10-18-11-9-17/h1-5,15H,6-13H2/t15-/m0/s1. The van der Waals surface area contributed by atoms with Crippen molar-refractivity contribution in [3.8, 4) is 0 Å². The van der Waals surface area contributed by atoms with Crippen LogP contribution >= 0.6 is 0 Å². The molecule has 1 aromatic carbocycles. The fraction of sp³-hybridized carbons (Fsp3) is 0.600. The van der Waals surface area contributed by atoms with Crippen LogP contribution in [0.15, 0.2) is 30.3 Å². The molecule has 0 aliphatic carbocycles. The van der Waals surface area contributed by atoms with Gasteiger partial charge in [0.15, 0.2) is 0 Å². The van der Waals surface area contributed by atoms with Crippen LogP contribution in [0, 0.1) is 0 Å². The lowest BCUT2D eigenvalue weighted by Crippen LogP contribution is -2.44. The van der Waals surface area contributed by atoms with Crippen LogP contribution in [0.4, 0.5) is 0 Å². The first kappa shape index (κ1) is 12.2. The second-order valence-corrected chi connectivity index (χ2v) is 5.31. The van der Waals surface area contributed by atoms with E-state index >= 15 is 0 Å². The largest absolute Gasteiger partial charge is 0.379 e. The molecule has 3 heteroatoms. The zero-order chi connectivity index (χ0) is 12.2. The van der Waals surface area contributed by atoms with Crippen LogP contribution in [-0.2, 0) is 11.3 Å². The highest BCUT2D eigenvalue weighted by molar-refractivity contribution is 5.14. The van der Waals surface area contributed by atoms with Crippen molar-refractivity contribution in [2.45, 2.75) is 19.0 Å². The lowest BCUT2D eigenvalue weighted by atomic mass is 10.2. The molecule has 0 unspecified atom stereocenters. The van der Waals surface area contributed by atoms with Gasteiger partial charge in [-0.25, -0.2) is 0 Å². The molecule has 0 amide bonds. The zero-order valence-electron chi connectivity index (χ0n) is 10.9. The predicted molar refractivity (Wildman–Crippen MR) is 72.5 cm³/mol. The molecule has 2 saturated heterocycles. The van der Waals surface area contributed by atoms with Crippen molar-refractivity contribution in [1.29, 1.82) is 0 Å². The third kappa shape index (κ3) is 2.91. The monoisotopic (exact) mass is 246 g/mol. The third-order valence-electron chi connectivity index (χ3n) is 4.06. The Bertz CT molecular complexity index is 362. The fourth-order valence-electron chi connectivity index (χ4n) is 3.04.